The molecule has 4 heterocycles. The monoisotopic (exact) mass is 363 g/mol. The predicted molar refractivity (Wildman–Crippen MR) is 108 cm³/mol. The minimum absolute atomic E-state index is 0.512. The maximum absolute atomic E-state index is 6.36. The Bertz CT molecular complexity index is 1020. The molecule has 0 spiro atoms. The summed E-state index contributed by atoms with van der Waals surface area (Å²) in [6.45, 7) is 2.16. The standard InChI is InChI=1S/C22H22ClN3/c1-14(15-4-3-9-24-12-15)13-26-19-7-5-16(23)10-18(19)22-20-8-6-17(25(20)2)11-21(22)26/h3-5,7,9-10,12-13,17,20H,6,8,11H2,1-2H3/b14-13+. The van der Waals surface area contributed by atoms with Gasteiger partial charge < -0.3 is 4.57 Å². The highest BCUT2D eigenvalue weighted by atomic mass is 35.5. The van der Waals surface area contributed by atoms with Crippen LogP contribution in [0.2, 0.25) is 5.02 Å². The van der Waals surface area contributed by atoms with Crippen LogP contribution in [0.1, 0.15) is 42.6 Å². The maximum Gasteiger partial charge on any atom is 0.0529 e. The van der Waals surface area contributed by atoms with Crippen molar-refractivity contribution in [3.8, 4) is 0 Å². The molecule has 1 aromatic carbocycles. The van der Waals surface area contributed by atoms with E-state index < -0.39 is 0 Å². The number of allylic oxidation sites excluding steroid dienone is 1. The highest BCUT2D eigenvalue weighted by Gasteiger charge is 2.40. The van der Waals surface area contributed by atoms with Crippen molar-refractivity contribution < 1.29 is 0 Å². The predicted octanol–water partition coefficient (Wildman–Crippen LogP) is 5.40. The number of rotatable bonds is 2. The van der Waals surface area contributed by atoms with Gasteiger partial charge in [-0.05, 0) is 67.8 Å². The van der Waals surface area contributed by atoms with Crippen LogP contribution in [-0.4, -0.2) is 27.5 Å². The minimum Gasteiger partial charge on any atom is -0.320 e. The lowest BCUT2D eigenvalue weighted by atomic mass is 9.97. The average molecular weight is 364 g/mol. The molecular weight excluding hydrogens is 342 g/mol. The molecule has 0 saturated carbocycles. The van der Waals surface area contributed by atoms with E-state index in [0.717, 1.165) is 17.0 Å². The van der Waals surface area contributed by atoms with E-state index in [4.69, 9.17) is 11.6 Å². The number of pyridine rings is 1. The summed E-state index contributed by atoms with van der Waals surface area (Å²) in [4.78, 5) is 6.83. The molecule has 2 aliphatic heterocycles. The highest BCUT2D eigenvalue weighted by Crippen LogP contribution is 2.47. The molecule has 4 heteroatoms. The Morgan fingerprint density at radius 3 is 2.96 bits per heavy atom. The quantitative estimate of drug-likeness (QED) is 0.607. The van der Waals surface area contributed by atoms with Gasteiger partial charge in [0.1, 0.15) is 0 Å². The molecule has 2 atom stereocenters. The molecule has 2 bridgehead atoms. The fourth-order valence-corrected chi connectivity index (χ4v) is 4.96. The zero-order chi connectivity index (χ0) is 17.8. The summed E-state index contributed by atoms with van der Waals surface area (Å²) in [6.07, 6.45) is 9.65. The van der Waals surface area contributed by atoms with Crippen molar-refractivity contribution in [1.82, 2.24) is 14.5 Å². The van der Waals surface area contributed by atoms with Crippen molar-refractivity contribution >= 4 is 34.3 Å². The fourth-order valence-electron chi connectivity index (χ4n) is 4.79. The van der Waals surface area contributed by atoms with Crippen LogP contribution in [0.4, 0.5) is 0 Å². The molecule has 1 saturated heterocycles. The van der Waals surface area contributed by atoms with Gasteiger partial charge in [0.25, 0.3) is 0 Å². The van der Waals surface area contributed by atoms with Crippen molar-refractivity contribution in [1.29, 1.82) is 0 Å². The van der Waals surface area contributed by atoms with E-state index in [1.54, 1.807) is 0 Å². The van der Waals surface area contributed by atoms with Gasteiger partial charge in [0.05, 0.1) is 5.52 Å². The highest BCUT2D eigenvalue weighted by molar-refractivity contribution is 6.31. The number of benzene rings is 1. The first-order chi connectivity index (χ1) is 12.6. The molecule has 5 rings (SSSR count). The summed E-state index contributed by atoms with van der Waals surface area (Å²) in [5.41, 5.74) is 6.57. The summed E-state index contributed by atoms with van der Waals surface area (Å²) in [5.74, 6) is 0. The van der Waals surface area contributed by atoms with Crippen molar-refractivity contribution in [3.05, 3.63) is 64.6 Å². The molecule has 2 aromatic heterocycles. The maximum atomic E-state index is 6.36. The molecule has 1 fully saturated rings. The molecule has 3 aromatic rings. The molecular formula is C22H22ClN3. The van der Waals surface area contributed by atoms with Gasteiger partial charge in [-0.2, -0.15) is 0 Å². The third kappa shape index (κ3) is 2.34. The van der Waals surface area contributed by atoms with Crippen LogP contribution in [0.15, 0.2) is 42.7 Å². The Morgan fingerprint density at radius 2 is 2.15 bits per heavy atom. The third-order valence-corrected chi connectivity index (χ3v) is 6.39. The second kappa shape index (κ2) is 5.97. The summed E-state index contributed by atoms with van der Waals surface area (Å²) < 4.78 is 2.40. The van der Waals surface area contributed by atoms with Gasteiger partial charge in [0, 0.05) is 53.2 Å². The molecule has 132 valence electrons. The zero-order valence-electron chi connectivity index (χ0n) is 15.1. The summed E-state index contributed by atoms with van der Waals surface area (Å²) in [5, 5.41) is 2.12. The van der Waals surface area contributed by atoms with Gasteiger partial charge in [-0.3, -0.25) is 9.88 Å². The van der Waals surface area contributed by atoms with Crippen molar-refractivity contribution in [2.75, 3.05) is 7.05 Å². The fraction of sp³-hybridized carbons (Fsp3) is 0.318. The lowest BCUT2D eigenvalue weighted by molar-refractivity contribution is 0.223. The second-order valence-corrected chi connectivity index (χ2v) is 8.00. The van der Waals surface area contributed by atoms with Crippen LogP contribution in [0, 0.1) is 0 Å². The topological polar surface area (TPSA) is 21.1 Å². The van der Waals surface area contributed by atoms with E-state index in [2.05, 4.69) is 52.8 Å². The molecule has 26 heavy (non-hydrogen) atoms. The molecule has 0 amide bonds. The number of hydrogen-bond acceptors (Lipinski definition) is 2. The van der Waals surface area contributed by atoms with Gasteiger partial charge in [0.15, 0.2) is 0 Å². The number of likely N-dealkylation sites (N-methyl/N-ethyl adjacent to an activating group) is 1. The molecule has 0 aliphatic carbocycles. The Hall–Kier alpha value is -2.10. The smallest absolute Gasteiger partial charge is 0.0529 e. The first-order valence-corrected chi connectivity index (χ1v) is 9.64. The van der Waals surface area contributed by atoms with Gasteiger partial charge in [-0.1, -0.05) is 17.7 Å². The molecule has 0 N–H and O–H groups in total. The first-order valence-electron chi connectivity index (χ1n) is 9.26. The van der Waals surface area contributed by atoms with Gasteiger partial charge in [0.2, 0.25) is 0 Å². The second-order valence-electron chi connectivity index (χ2n) is 7.56. The number of hydrogen-bond donors (Lipinski definition) is 0. The van der Waals surface area contributed by atoms with E-state index in [0.29, 0.717) is 12.1 Å². The van der Waals surface area contributed by atoms with Gasteiger partial charge >= 0.3 is 0 Å². The largest absolute Gasteiger partial charge is 0.320 e. The lowest BCUT2D eigenvalue weighted by Crippen LogP contribution is -2.34. The molecule has 2 aliphatic rings. The van der Waals surface area contributed by atoms with Gasteiger partial charge in [-0.15, -0.1) is 0 Å². The summed E-state index contributed by atoms with van der Waals surface area (Å²) >= 11 is 6.36. The minimum atomic E-state index is 0.512. The number of halogens is 1. The van der Waals surface area contributed by atoms with E-state index in [1.807, 2.05) is 24.5 Å². The van der Waals surface area contributed by atoms with Crippen LogP contribution >= 0.6 is 11.6 Å². The van der Waals surface area contributed by atoms with Crippen molar-refractivity contribution in [2.45, 2.75) is 38.3 Å². The normalized spacial score (nSPS) is 22.8. The average Bonchev–Trinajstić information content (AvgIpc) is 3.06. The number of nitrogens with zero attached hydrogens (tertiary/aromatic N) is 3. The summed E-state index contributed by atoms with van der Waals surface area (Å²) in [6, 6.07) is 11.6. The summed E-state index contributed by atoms with van der Waals surface area (Å²) in [7, 11) is 2.27. The van der Waals surface area contributed by atoms with E-state index >= 15 is 0 Å². The van der Waals surface area contributed by atoms with Crippen molar-refractivity contribution in [2.24, 2.45) is 0 Å². The molecule has 0 radical (unpaired) electrons. The molecule has 2 unspecified atom stereocenters. The third-order valence-electron chi connectivity index (χ3n) is 6.15. The first kappa shape index (κ1) is 16.1. The Kier molecular flexibility index (Phi) is 3.70. The molecule has 3 nitrogen and oxygen atoms in total. The number of aromatic nitrogens is 2. The Balaban J connectivity index is 1.75. The lowest BCUT2D eigenvalue weighted by Gasteiger charge is -2.32. The van der Waals surface area contributed by atoms with E-state index in [-0.39, 0.29) is 0 Å². The zero-order valence-corrected chi connectivity index (χ0v) is 15.9. The Labute approximate surface area is 158 Å². The SMILES string of the molecule is C/C(=C\n1c2c(c3cc(Cl)ccc31)C1CCC(C2)N1C)c1cccnc1. The van der Waals surface area contributed by atoms with Gasteiger partial charge in [-0.25, -0.2) is 0 Å². The Morgan fingerprint density at radius 1 is 1.27 bits per heavy atom. The van der Waals surface area contributed by atoms with E-state index in [1.165, 1.54) is 40.6 Å². The number of fused-ring (bicyclic) bond motifs is 6. The van der Waals surface area contributed by atoms with Crippen LogP contribution in [-0.2, 0) is 6.42 Å². The van der Waals surface area contributed by atoms with Crippen LogP contribution in [0.25, 0.3) is 22.7 Å². The van der Waals surface area contributed by atoms with Crippen LogP contribution in [0.3, 0.4) is 0 Å². The van der Waals surface area contributed by atoms with Crippen molar-refractivity contribution in [3.63, 3.8) is 0 Å². The van der Waals surface area contributed by atoms with E-state index in [9.17, 15) is 0 Å². The van der Waals surface area contributed by atoms with Crippen LogP contribution in [0.5, 0.6) is 0 Å². The van der Waals surface area contributed by atoms with Crippen LogP contribution < -0.4 is 0 Å².